The number of hydrogen-bond donors (Lipinski definition) is 1. The Balaban J connectivity index is 1.79. The van der Waals surface area contributed by atoms with Gasteiger partial charge in [0, 0.05) is 35.1 Å². The fraction of sp³-hybridized carbons (Fsp3) is 0.190. The molecule has 0 aliphatic heterocycles. The first-order valence-electron chi connectivity index (χ1n) is 9.04. The summed E-state index contributed by atoms with van der Waals surface area (Å²) in [5, 5.41) is 4.92. The van der Waals surface area contributed by atoms with E-state index in [0.717, 1.165) is 23.1 Å². The molecule has 0 unspecified atom stereocenters. The van der Waals surface area contributed by atoms with Crippen molar-refractivity contribution in [1.82, 2.24) is 19.7 Å². The Morgan fingerprint density at radius 1 is 1.03 bits per heavy atom. The SMILES string of the molecule is CC(C)(N)c1ccnc(-c2ccc(-n3nc(S(C)(=O)=O)c4ccccc43)nc2)c1. The van der Waals surface area contributed by atoms with E-state index in [2.05, 4.69) is 15.1 Å². The van der Waals surface area contributed by atoms with Crippen LogP contribution in [0, 0.1) is 0 Å². The fourth-order valence-corrected chi connectivity index (χ4v) is 3.94. The summed E-state index contributed by atoms with van der Waals surface area (Å²) < 4.78 is 25.8. The summed E-state index contributed by atoms with van der Waals surface area (Å²) in [6.07, 6.45) is 4.58. The van der Waals surface area contributed by atoms with Crippen LogP contribution in [-0.4, -0.2) is 34.4 Å². The van der Waals surface area contributed by atoms with Crippen LogP contribution in [-0.2, 0) is 15.4 Å². The summed E-state index contributed by atoms with van der Waals surface area (Å²) in [5.41, 5.74) is 8.97. The van der Waals surface area contributed by atoms with Gasteiger partial charge in [-0.1, -0.05) is 12.1 Å². The average Bonchev–Trinajstić information content (AvgIpc) is 3.08. The highest BCUT2D eigenvalue weighted by molar-refractivity contribution is 7.90. The lowest BCUT2D eigenvalue weighted by Crippen LogP contribution is -2.28. The van der Waals surface area contributed by atoms with Crippen LogP contribution in [0.15, 0.2) is 66.0 Å². The predicted molar refractivity (Wildman–Crippen MR) is 112 cm³/mol. The van der Waals surface area contributed by atoms with Crippen molar-refractivity contribution in [2.45, 2.75) is 24.4 Å². The van der Waals surface area contributed by atoms with Gasteiger partial charge in [-0.15, -0.1) is 0 Å². The molecule has 4 rings (SSSR count). The van der Waals surface area contributed by atoms with Crippen LogP contribution in [0.3, 0.4) is 0 Å². The van der Waals surface area contributed by atoms with Gasteiger partial charge in [-0.05, 0) is 55.8 Å². The Bertz CT molecular complexity index is 1300. The van der Waals surface area contributed by atoms with Gasteiger partial charge in [0.2, 0.25) is 0 Å². The summed E-state index contributed by atoms with van der Waals surface area (Å²) in [6.45, 7) is 3.88. The van der Waals surface area contributed by atoms with Gasteiger partial charge in [0.05, 0.1) is 11.2 Å². The molecule has 0 amide bonds. The van der Waals surface area contributed by atoms with Crippen LogP contribution in [0.1, 0.15) is 19.4 Å². The number of sulfone groups is 1. The number of aromatic nitrogens is 4. The molecule has 0 atom stereocenters. The maximum Gasteiger partial charge on any atom is 0.195 e. The number of rotatable bonds is 4. The smallest absolute Gasteiger partial charge is 0.195 e. The summed E-state index contributed by atoms with van der Waals surface area (Å²) >= 11 is 0. The average molecular weight is 407 g/mol. The third-order valence-electron chi connectivity index (χ3n) is 4.67. The van der Waals surface area contributed by atoms with E-state index in [1.54, 1.807) is 35.3 Å². The van der Waals surface area contributed by atoms with Crippen LogP contribution in [0.4, 0.5) is 0 Å². The zero-order valence-electron chi connectivity index (χ0n) is 16.4. The van der Waals surface area contributed by atoms with Crippen molar-refractivity contribution >= 4 is 20.7 Å². The van der Waals surface area contributed by atoms with Gasteiger partial charge in [0.25, 0.3) is 0 Å². The first kappa shape index (κ1) is 19.2. The molecule has 0 fully saturated rings. The molecule has 8 heteroatoms. The highest BCUT2D eigenvalue weighted by Gasteiger charge is 2.20. The molecule has 0 saturated heterocycles. The van der Waals surface area contributed by atoms with Crippen LogP contribution in [0.25, 0.3) is 28.0 Å². The number of nitrogens with zero attached hydrogens (tertiary/aromatic N) is 4. The first-order chi connectivity index (χ1) is 13.6. The molecular formula is C21H21N5O2S. The molecule has 0 radical (unpaired) electrons. The van der Waals surface area contributed by atoms with E-state index >= 15 is 0 Å². The highest BCUT2D eigenvalue weighted by Crippen LogP contribution is 2.26. The fourth-order valence-electron chi connectivity index (χ4n) is 3.14. The van der Waals surface area contributed by atoms with Crippen LogP contribution in [0.2, 0.25) is 0 Å². The van der Waals surface area contributed by atoms with Gasteiger partial charge in [0.1, 0.15) is 0 Å². The van der Waals surface area contributed by atoms with E-state index in [1.165, 1.54) is 0 Å². The van der Waals surface area contributed by atoms with E-state index in [-0.39, 0.29) is 5.03 Å². The number of benzene rings is 1. The lowest BCUT2D eigenvalue weighted by molar-refractivity contribution is 0.554. The lowest BCUT2D eigenvalue weighted by Gasteiger charge is -2.19. The molecule has 0 aliphatic rings. The Labute approximate surface area is 169 Å². The maximum absolute atomic E-state index is 12.1. The molecule has 7 nitrogen and oxygen atoms in total. The maximum atomic E-state index is 12.1. The van der Waals surface area contributed by atoms with Crippen molar-refractivity contribution in [3.8, 4) is 17.1 Å². The van der Waals surface area contributed by atoms with E-state index in [4.69, 9.17) is 5.73 Å². The van der Waals surface area contributed by atoms with Crippen LogP contribution < -0.4 is 5.73 Å². The van der Waals surface area contributed by atoms with Gasteiger partial charge in [-0.2, -0.15) is 5.10 Å². The number of pyridine rings is 2. The summed E-state index contributed by atoms with van der Waals surface area (Å²) in [4.78, 5) is 8.91. The van der Waals surface area contributed by atoms with E-state index in [9.17, 15) is 8.42 Å². The van der Waals surface area contributed by atoms with Crippen molar-refractivity contribution in [3.05, 3.63) is 66.5 Å². The third-order valence-corrected chi connectivity index (χ3v) is 5.67. The quantitative estimate of drug-likeness (QED) is 0.557. The summed E-state index contributed by atoms with van der Waals surface area (Å²) in [6, 6.07) is 14.7. The van der Waals surface area contributed by atoms with Crippen LogP contribution in [0.5, 0.6) is 0 Å². The standard InChI is InChI=1S/C21H21N5O2S/c1-21(2,22)15-10-11-23-17(12-15)14-8-9-19(24-13-14)26-18-7-5-4-6-16(18)20(25-26)29(3,27)28/h4-13H,22H2,1-3H3. The van der Waals surface area contributed by atoms with Crippen molar-refractivity contribution < 1.29 is 8.42 Å². The molecule has 0 spiro atoms. The van der Waals surface area contributed by atoms with Crippen LogP contribution >= 0.6 is 0 Å². The first-order valence-corrected chi connectivity index (χ1v) is 10.9. The minimum atomic E-state index is -3.47. The van der Waals surface area contributed by atoms with Gasteiger partial charge >= 0.3 is 0 Å². The topological polar surface area (TPSA) is 104 Å². The Kier molecular flexibility index (Phi) is 4.48. The third kappa shape index (κ3) is 3.64. The largest absolute Gasteiger partial charge is 0.322 e. The molecule has 0 bridgehead atoms. The number of hydrogen-bond acceptors (Lipinski definition) is 6. The van der Waals surface area contributed by atoms with Crippen molar-refractivity contribution in [2.24, 2.45) is 5.73 Å². The zero-order valence-corrected chi connectivity index (χ0v) is 17.2. The molecule has 4 aromatic rings. The molecule has 0 saturated carbocycles. The summed E-state index contributed by atoms with van der Waals surface area (Å²) in [7, 11) is -3.47. The van der Waals surface area contributed by atoms with Gasteiger partial charge < -0.3 is 5.73 Å². The molecule has 1 aromatic carbocycles. The predicted octanol–water partition coefficient (Wildman–Crippen LogP) is 3.08. The van der Waals surface area contributed by atoms with Crippen molar-refractivity contribution in [3.63, 3.8) is 0 Å². The molecule has 29 heavy (non-hydrogen) atoms. The molecule has 0 aliphatic carbocycles. The minimum absolute atomic E-state index is 0.0403. The van der Waals surface area contributed by atoms with Gasteiger partial charge in [0.15, 0.2) is 20.7 Å². The summed E-state index contributed by atoms with van der Waals surface area (Å²) in [5.74, 6) is 0.523. The lowest BCUT2D eigenvalue weighted by atomic mass is 9.95. The second-order valence-electron chi connectivity index (χ2n) is 7.56. The monoisotopic (exact) mass is 407 g/mol. The second-order valence-corrected chi connectivity index (χ2v) is 9.49. The van der Waals surface area contributed by atoms with E-state index in [1.807, 2.05) is 44.2 Å². The Morgan fingerprint density at radius 2 is 1.79 bits per heavy atom. The van der Waals surface area contributed by atoms with Gasteiger partial charge in [-0.3, -0.25) is 4.98 Å². The molecule has 2 N–H and O–H groups in total. The Morgan fingerprint density at radius 3 is 2.45 bits per heavy atom. The van der Waals surface area contributed by atoms with Crippen molar-refractivity contribution in [1.29, 1.82) is 0 Å². The normalized spacial score (nSPS) is 12.4. The number of para-hydroxylation sites is 1. The number of nitrogens with two attached hydrogens (primary N) is 1. The second kappa shape index (κ2) is 6.75. The highest BCUT2D eigenvalue weighted by atomic mass is 32.2. The number of fused-ring (bicyclic) bond motifs is 1. The van der Waals surface area contributed by atoms with Crippen molar-refractivity contribution in [2.75, 3.05) is 6.26 Å². The molecule has 148 valence electrons. The molecular weight excluding hydrogens is 386 g/mol. The molecule has 3 aromatic heterocycles. The van der Waals surface area contributed by atoms with E-state index < -0.39 is 15.4 Å². The van der Waals surface area contributed by atoms with E-state index in [0.29, 0.717) is 16.7 Å². The Hall–Kier alpha value is -3.10. The molecule has 3 heterocycles. The minimum Gasteiger partial charge on any atom is -0.322 e. The zero-order chi connectivity index (χ0) is 20.8. The van der Waals surface area contributed by atoms with Gasteiger partial charge in [-0.25, -0.2) is 18.1 Å².